The Morgan fingerprint density at radius 2 is 1.88 bits per heavy atom. The molecule has 0 radical (unpaired) electrons. The number of rotatable bonds is 3. The molecular weight excluding hydrogens is 328 g/mol. The number of piperidine rings is 1. The van der Waals surface area contributed by atoms with Gasteiger partial charge >= 0.3 is 0 Å². The van der Waals surface area contributed by atoms with Crippen LogP contribution in [0.4, 0.5) is 5.69 Å². The summed E-state index contributed by atoms with van der Waals surface area (Å²) < 4.78 is 5.30. The largest absolute Gasteiger partial charge is 0.456 e. The molecule has 5 nitrogen and oxygen atoms in total. The molecule has 1 fully saturated rings. The summed E-state index contributed by atoms with van der Waals surface area (Å²) in [5, 5.41) is 3.08. The third-order valence-corrected chi connectivity index (χ3v) is 4.40. The van der Waals surface area contributed by atoms with Crippen LogP contribution in [0.2, 0.25) is 5.02 Å². The van der Waals surface area contributed by atoms with Gasteiger partial charge in [0.1, 0.15) is 5.76 Å². The zero-order valence-corrected chi connectivity index (χ0v) is 14.2. The van der Waals surface area contributed by atoms with Crippen LogP contribution in [0.25, 0.3) is 0 Å². The zero-order valence-electron chi connectivity index (χ0n) is 13.5. The molecule has 3 rings (SSSR count). The minimum atomic E-state index is -0.396. The van der Waals surface area contributed by atoms with Crippen LogP contribution in [0.1, 0.15) is 45.9 Å². The predicted octanol–water partition coefficient (Wildman–Crippen LogP) is 4.12. The van der Waals surface area contributed by atoms with Crippen molar-refractivity contribution in [1.29, 1.82) is 0 Å². The number of anilines is 1. The van der Waals surface area contributed by atoms with E-state index in [-0.39, 0.29) is 11.7 Å². The number of hydrogen-bond donors (Lipinski definition) is 1. The molecule has 2 heterocycles. The average molecular weight is 347 g/mol. The summed E-state index contributed by atoms with van der Waals surface area (Å²) in [5.41, 5.74) is 0.922. The van der Waals surface area contributed by atoms with Gasteiger partial charge in [-0.15, -0.1) is 0 Å². The summed E-state index contributed by atoms with van der Waals surface area (Å²) in [4.78, 5) is 26.6. The van der Waals surface area contributed by atoms with Crippen molar-refractivity contribution < 1.29 is 14.0 Å². The maximum atomic E-state index is 12.6. The van der Waals surface area contributed by atoms with Crippen molar-refractivity contribution in [2.75, 3.05) is 18.4 Å². The van der Waals surface area contributed by atoms with E-state index in [1.807, 2.05) is 4.90 Å². The first-order valence-corrected chi connectivity index (χ1v) is 8.39. The van der Waals surface area contributed by atoms with E-state index in [0.29, 0.717) is 22.0 Å². The molecule has 0 saturated carbocycles. The van der Waals surface area contributed by atoms with Crippen LogP contribution in [-0.4, -0.2) is 29.8 Å². The van der Waals surface area contributed by atoms with Gasteiger partial charge in [0, 0.05) is 18.7 Å². The Balaban J connectivity index is 1.78. The van der Waals surface area contributed by atoms with Gasteiger partial charge in [0.15, 0.2) is 5.76 Å². The first-order valence-electron chi connectivity index (χ1n) is 8.01. The third-order valence-electron chi connectivity index (χ3n) is 4.07. The standard InChI is InChI=1S/C18H19ClN2O3/c1-12-5-8-16(24-12)17(22)20-15-11-13(6-7-14(15)19)18(23)21-9-3-2-4-10-21/h5-8,11H,2-4,9-10H2,1H3,(H,20,22). The fourth-order valence-corrected chi connectivity index (χ4v) is 2.94. The quantitative estimate of drug-likeness (QED) is 0.909. The maximum absolute atomic E-state index is 12.6. The first kappa shape index (κ1) is 16.6. The lowest BCUT2D eigenvalue weighted by Crippen LogP contribution is -2.35. The lowest BCUT2D eigenvalue weighted by atomic mass is 10.1. The number of carbonyl (C=O) groups is 2. The second kappa shape index (κ2) is 7.09. The van der Waals surface area contributed by atoms with Crippen LogP contribution < -0.4 is 5.32 Å². The molecule has 1 aromatic heterocycles. The van der Waals surface area contributed by atoms with E-state index in [0.717, 1.165) is 32.4 Å². The number of nitrogens with one attached hydrogen (secondary N) is 1. The molecule has 1 aromatic carbocycles. The van der Waals surface area contributed by atoms with Gasteiger partial charge in [0.2, 0.25) is 0 Å². The maximum Gasteiger partial charge on any atom is 0.291 e. The number of likely N-dealkylation sites (tertiary alicyclic amines) is 1. The molecule has 2 aromatic rings. The Bertz CT molecular complexity index is 763. The Morgan fingerprint density at radius 1 is 1.12 bits per heavy atom. The molecule has 0 unspecified atom stereocenters. The molecule has 0 bridgehead atoms. The molecule has 1 aliphatic rings. The number of aryl methyl sites for hydroxylation is 1. The van der Waals surface area contributed by atoms with Crippen LogP contribution in [0.15, 0.2) is 34.7 Å². The number of amides is 2. The van der Waals surface area contributed by atoms with Crippen molar-refractivity contribution in [3.8, 4) is 0 Å². The van der Waals surface area contributed by atoms with Gasteiger partial charge in [0.05, 0.1) is 10.7 Å². The molecule has 24 heavy (non-hydrogen) atoms. The van der Waals surface area contributed by atoms with Gasteiger partial charge in [-0.25, -0.2) is 0 Å². The van der Waals surface area contributed by atoms with Crippen molar-refractivity contribution in [1.82, 2.24) is 4.90 Å². The Morgan fingerprint density at radius 3 is 2.54 bits per heavy atom. The van der Waals surface area contributed by atoms with Crippen molar-refractivity contribution in [2.24, 2.45) is 0 Å². The van der Waals surface area contributed by atoms with Crippen LogP contribution in [0.3, 0.4) is 0 Å². The molecule has 0 aliphatic carbocycles. The van der Waals surface area contributed by atoms with Crippen LogP contribution in [0.5, 0.6) is 0 Å². The number of furan rings is 1. The number of halogens is 1. The lowest BCUT2D eigenvalue weighted by molar-refractivity contribution is 0.0724. The summed E-state index contributed by atoms with van der Waals surface area (Å²) in [6.45, 7) is 3.31. The fourth-order valence-electron chi connectivity index (χ4n) is 2.77. The molecular formula is C18H19ClN2O3. The van der Waals surface area contributed by atoms with E-state index in [1.165, 1.54) is 0 Å². The summed E-state index contributed by atoms with van der Waals surface area (Å²) >= 11 is 6.15. The lowest BCUT2D eigenvalue weighted by Gasteiger charge is -2.27. The molecule has 6 heteroatoms. The number of benzene rings is 1. The summed E-state index contributed by atoms with van der Waals surface area (Å²) in [6.07, 6.45) is 3.22. The van der Waals surface area contributed by atoms with Crippen LogP contribution in [-0.2, 0) is 0 Å². The number of hydrogen-bond acceptors (Lipinski definition) is 3. The van der Waals surface area contributed by atoms with Gasteiger partial charge in [-0.05, 0) is 56.5 Å². The second-order valence-electron chi connectivity index (χ2n) is 5.91. The Kier molecular flexibility index (Phi) is 4.90. The van der Waals surface area contributed by atoms with E-state index in [1.54, 1.807) is 37.3 Å². The van der Waals surface area contributed by atoms with E-state index < -0.39 is 5.91 Å². The SMILES string of the molecule is Cc1ccc(C(=O)Nc2cc(C(=O)N3CCCCC3)ccc2Cl)o1. The minimum Gasteiger partial charge on any atom is -0.456 e. The van der Waals surface area contributed by atoms with Crippen molar-refractivity contribution in [3.05, 3.63) is 52.4 Å². The van der Waals surface area contributed by atoms with Gasteiger partial charge in [-0.2, -0.15) is 0 Å². The normalized spacial score (nSPS) is 14.5. The van der Waals surface area contributed by atoms with Crippen molar-refractivity contribution in [3.63, 3.8) is 0 Å². The average Bonchev–Trinajstić information content (AvgIpc) is 3.03. The van der Waals surface area contributed by atoms with E-state index in [9.17, 15) is 9.59 Å². The summed E-state index contributed by atoms with van der Waals surface area (Å²) in [5.74, 6) is 0.430. The van der Waals surface area contributed by atoms with Crippen LogP contribution >= 0.6 is 11.6 Å². The van der Waals surface area contributed by atoms with E-state index >= 15 is 0 Å². The molecule has 0 atom stereocenters. The Hall–Kier alpha value is -2.27. The zero-order chi connectivity index (χ0) is 17.1. The van der Waals surface area contributed by atoms with Crippen molar-refractivity contribution >= 4 is 29.1 Å². The van der Waals surface area contributed by atoms with E-state index in [4.69, 9.17) is 16.0 Å². The highest BCUT2D eigenvalue weighted by Crippen LogP contribution is 2.25. The molecule has 1 aliphatic heterocycles. The number of carbonyl (C=O) groups excluding carboxylic acids is 2. The highest BCUT2D eigenvalue weighted by atomic mass is 35.5. The van der Waals surface area contributed by atoms with Gasteiger partial charge in [-0.1, -0.05) is 11.6 Å². The monoisotopic (exact) mass is 346 g/mol. The predicted molar refractivity (Wildman–Crippen MR) is 92.6 cm³/mol. The highest BCUT2D eigenvalue weighted by molar-refractivity contribution is 6.34. The van der Waals surface area contributed by atoms with Gasteiger partial charge in [-0.3, -0.25) is 9.59 Å². The second-order valence-corrected chi connectivity index (χ2v) is 6.32. The minimum absolute atomic E-state index is 0.0318. The van der Waals surface area contributed by atoms with E-state index in [2.05, 4.69) is 5.32 Å². The molecule has 1 N–H and O–H groups in total. The van der Waals surface area contributed by atoms with Crippen molar-refractivity contribution in [2.45, 2.75) is 26.2 Å². The topological polar surface area (TPSA) is 62.6 Å². The first-order chi connectivity index (χ1) is 11.5. The highest BCUT2D eigenvalue weighted by Gasteiger charge is 2.20. The fraction of sp³-hybridized carbons (Fsp3) is 0.333. The number of nitrogens with zero attached hydrogens (tertiary/aromatic N) is 1. The molecule has 126 valence electrons. The smallest absolute Gasteiger partial charge is 0.291 e. The summed E-state index contributed by atoms with van der Waals surface area (Å²) in [6, 6.07) is 8.24. The summed E-state index contributed by atoms with van der Waals surface area (Å²) in [7, 11) is 0. The molecule has 0 spiro atoms. The molecule has 1 saturated heterocycles. The molecule has 2 amide bonds. The van der Waals surface area contributed by atoms with Crippen LogP contribution in [0, 0.1) is 6.92 Å². The van der Waals surface area contributed by atoms with Gasteiger partial charge < -0.3 is 14.6 Å². The third kappa shape index (κ3) is 3.62. The Labute approximate surface area is 145 Å². The van der Waals surface area contributed by atoms with Gasteiger partial charge in [0.25, 0.3) is 11.8 Å².